The molecule has 1 heterocycles. The van der Waals surface area contributed by atoms with Gasteiger partial charge in [0.15, 0.2) is 5.78 Å². The molecule has 1 aromatic rings. The number of hydrogen-bond acceptors (Lipinski definition) is 2. The highest BCUT2D eigenvalue weighted by Crippen LogP contribution is 2.24. The first-order valence-electron chi connectivity index (χ1n) is 7.08. The number of halogens is 1. The van der Waals surface area contributed by atoms with Gasteiger partial charge in [-0.05, 0) is 49.9 Å². The third kappa shape index (κ3) is 3.80. The molecule has 0 amide bonds. The van der Waals surface area contributed by atoms with Crippen molar-refractivity contribution in [3.05, 3.63) is 34.9 Å². The van der Waals surface area contributed by atoms with Crippen LogP contribution >= 0.6 is 11.6 Å². The van der Waals surface area contributed by atoms with Crippen molar-refractivity contribution in [3.8, 4) is 0 Å². The normalized spacial score (nSPS) is 17.9. The highest BCUT2D eigenvalue weighted by Gasteiger charge is 2.23. The molecular weight excluding hydrogens is 258 g/mol. The van der Waals surface area contributed by atoms with Gasteiger partial charge in [-0.2, -0.15) is 0 Å². The van der Waals surface area contributed by atoms with E-state index in [2.05, 4.69) is 18.7 Å². The maximum atomic E-state index is 12.2. The van der Waals surface area contributed by atoms with E-state index in [1.807, 2.05) is 18.2 Å². The minimum atomic E-state index is 0.133. The SMILES string of the molecule is CC(C)C1CCN(CC(=O)c2ccccc2Cl)CC1. The summed E-state index contributed by atoms with van der Waals surface area (Å²) in [5.41, 5.74) is 0.648. The van der Waals surface area contributed by atoms with E-state index in [-0.39, 0.29) is 5.78 Å². The summed E-state index contributed by atoms with van der Waals surface area (Å²) in [6.07, 6.45) is 2.40. The number of Topliss-reactive ketones (excluding diaryl/α,β-unsaturated/α-hetero) is 1. The van der Waals surface area contributed by atoms with Gasteiger partial charge in [0, 0.05) is 5.56 Å². The Morgan fingerprint density at radius 1 is 1.32 bits per heavy atom. The van der Waals surface area contributed by atoms with Gasteiger partial charge in [-0.25, -0.2) is 0 Å². The molecule has 0 saturated carbocycles. The highest BCUT2D eigenvalue weighted by atomic mass is 35.5. The monoisotopic (exact) mass is 279 g/mol. The van der Waals surface area contributed by atoms with Crippen molar-refractivity contribution in [1.29, 1.82) is 0 Å². The second kappa shape index (κ2) is 6.53. The molecule has 1 fully saturated rings. The van der Waals surface area contributed by atoms with E-state index in [0.29, 0.717) is 17.1 Å². The lowest BCUT2D eigenvalue weighted by Crippen LogP contribution is -2.38. The van der Waals surface area contributed by atoms with E-state index in [9.17, 15) is 4.79 Å². The van der Waals surface area contributed by atoms with E-state index in [0.717, 1.165) is 24.9 Å². The first kappa shape index (κ1) is 14.5. The number of rotatable bonds is 4. The summed E-state index contributed by atoms with van der Waals surface area (Å²) in [5, 5.41) is 0.560. The van der Waals surface area contributed by atoms with Crippen LogP contribution in [0.25, 0.3) is 0 Å². The molecule has 0 unspecified atom stereocenters. The van der Waals surface area contributed by atoms with Crippen LogP contribution in [0.3, 0.4) is 0 Å². The van der Waals surface area contributed by atoms with Crippen LogP contribution in [-0.4, -0.2) is 30.3 Å². The molecule has 0 aliphatic carbocycles. The molecule has 0 bridgehead atoms. The summed E-state index contributed by atoms with van der Waals surface area (Å²) >= 11 is 6.06. The van der Waals surface area contributed by atoms with Gasteiger partial charge in [0.2, 0.25) is 0 Å². The number of ketones is 1. The second-order valence-corrected chi connectivity index (χ2v) is 6.17. The Kier molecular flexibility index (Phi) is 5.00. The number of likely N-dealkylation sites (tertiary alicyclic amines) is 1. The number of benzene rings is 1. The quantitative estimate of drug-likeness (QED) is 0.780. The van der Waals surface area contributed by atoms with E-state index >= 15 is 0 Å². The van der Waals surface area contributed by atoms with E-state index in [1.54, 1.807) is 6.07 Å². The second-order valence-electron chi connectivity index (χ2n) is 5.76. The van der Waals surface area contributed by atoms with Gasteiger partial charge in [-0.3, -0.25) is 9.69 Å². The fourth-order valence-electron chi connectivity index (χ4n) is 2.75. The number of piperidine rings is 1. The lowest BCUT2D eigenvalue weighted by Gasteiger charge is -2.33. The lowest BCUT2D eigenvalue weighted by molar-refractivity contribution is 0.0880. The average molecular weight is 280 g/mol. The Labute approximate surface area is 120 Å². The largest absolute Gasteiger partial charge is 0.296 e. The van der Waals surface area contributed by atoms with Crippen molar-refractivity contribution in [2.24, 2.45) is 11.8 Å². The fraction of sp³-hybridized carbons (Fsp3) is 0.562. The van der Waals surface area contributed by atoms with Gasteiger partial charge in [-0.15, -0.1) is 0 Å². The zero-order valence-corrected chi connectivity index (χ0v) is 12.5. The summed E-state index contributed by atoms with van der Waals surface area (Å²) < 4.78 is 0. The summed E-state index contributed by atoms with van der Waals surface area (Å²) in [6, 6.07) is 7.31. The lowest BCUT2D eigenvalue weighted by atomic mass is 9.86. The maximum Gasteiger partial charge on any atom is 0.178 e. The molecule has 2 nitrogen and oxygen atoms in total. The molecule has 1 saturated heterocycles. The number of hydrogen-bond donors (Lipinski definition) is 0. The molecule has 0 radical (unpaired) electrons. The van der Waals surface area contributed by atoms with Gasteiger partial charge in [0.25, 0.3) is 0 Å². The van der Waals surface area contributed by atoms with Crippen molar-refractivity contribution in [3.63, 3.8) is 0 Å². The standard InChI is InChI=1S/C16H22ClNO/c1-12(2)13-7-9-18(10-8-13)11-16(19)14-5-3-4-6-15(14)17/h3-6,12-13H,7-11H2,1-2H3. The van der Waals surface area contributed by atoms with Gasteiger partial charge < -0.3 is 0 Å². The Bertz CT molecular complexity index is 436. The molecular formula is C16H22ClNO. The Hall–Kier alpha value is -0.860. The van der Waals surface area contributed by atoms with Crippen LogP contribution in [0, 0.1) is 11.8 Å². The van der Waals surface area contributed by atoms with Crippen LogP contribution in [0.4, 0.5) is 0 Å². The average Bonchev–Trinajstić information content (AvgIpc) is 2.39. The van der Waals surface area contributed by atoms with E-state index in [4.69, 9.17) is 11.6 Å². The number of nitrogens with zero attached hydrogens (tertiary/aromatic N) is 1. The van der Waals surface area contributed by atoms with Crippen LogP contribution in [0.15, 0.2) is 24.3 Å². The van der Waals surface area contributed by atoms with E-state index in [1.165, 1.54) is 12.8 Å². The first-order valence-corrected chi connectivity index (χ1v) is 7.46. The molecule has 1 aliphatic rings. The molecule has 1 aliphatic heterocycles. The minimum Gasteiger partial charge on any atom is -0.296 e. The van der Waals surface area contributed by atoms with Crippen molar-refractivity contribution in [1.82, 2.24) is 4.90 Å². The van der Waals surface area contributed by atoms with Crippen LogP contribution in [-0.2, 0) is 0 Å². The molecule has 2 rings (SSSR count). The summed E-state index contributed by atoms with van der Waals surface area (Å²) in [6.45, 7) is 7.12. The minimum absolute atomic E-state index is 0.133. The summed E-state index contributed by atoms with van der Waals surface area (Å²) in [7, 11) is 0. The Morgan fingerprint density at radius 3 is 2.53 bits per heavy atom. The van der Waals surface area contributed by atoms with Crippen molar-refractivity contribution in [2.45, 2.75) is 26.7 Å². The fourth-order valence-corrected chi connectivity index (χ4v) is 2.99. The smallest absolute Gasteiger partial charge is 0.178 e. The van der Waals surface area contributed by atoms with Gasteiger partial charge in [0.1, 0.15) is 0 Å². The summed E-state index contributed by atoms with van der Waals surface area (Å²) in [5.74, 6) is 1.70. The Morgan fingerprint density at radius 2 is 1.95 bits per heavy atom. The zero-order chi connectivity index (χ0) is 13.8. The predicted molar refractivity (Wildman–Crippen MR) is 79.8 cm³/mol. The molecule has 104 valence electrons. The van der Waals surface area contributed by atoms with Gasteiger partial charge in [0.05, 0.1) is 11.6 Å². The highest BCUT2D eigenvalue weighted by molar-refractivity contribution is 6.34. The van der Waals surface area contributed by atoms with E-state index < -0.39 is 0 Å². The predicted octanol–water partition coefficient (Wildman–Crippen LogP) is 3.89. The molecule has 0 spiro atoms. The number of carbonyl (C=O) groups is 1. The molecule has 0 N–H and O–H groups in total. The van der Waals surface area contributed by atoms with Crippen LogP contribution in [0.5, 0.6) is 0 Å². The van der Waals surface area contributed by atoms with Crippen LogP contribution < -0.4 is 0 Å². The van der Waals surface area contributed by atoms with Crippen molar-refractivity contribution < 1.29 is 4.79 Å². The zero-order valence-electron chi connectivity index (χ0n) is 11.7. The maximum absolute atomic E-state index is 12.2. The molecule has 3 heteroatoms. The Balaban J connectivity index is 1.89. The third-order valence-corrected chi connectivity index (χ3v) is 4.45. The van der Waals surface area contributed by atoms with Gasteiger partial charge in [-0.1, -0.05) is 37.6 Å². The van der Waals surface area contributed by atoms with Crippen molar-refractivity contribution in [2.75, 3.05) is 19.6 Å². The van der Waals surface area contributed by atoms with Crippen LogP contribution in [0.2, 0.25) is 5.02 Å². The topological polar surface area (TPSA) is 20.3 Å². The van der Waals surface area contributed by atoms with Gasteiger partial charge >= 0.3 is 0 Å². The van der Waals surface area contributed by atoms with Crippen molar-refractivity contribution >= 4 is 17.4 Å². The van der Waals surface area contributed by atoms with Crippen LogP contribution in [0.1, 0.15) is 37.0 Å². The first-order chi connectivity index (χ1) is 9.08. The molecule has 0 atom stereocenters. The summed E-state index contributed by atoms with van der Waals surface area (Å²) in [4.78, 5) is 14.5. The number of carbonyl (C=O) groups excluding carboxylic acids is 1. The molecule has 1 aromatic carbocycles. The molecule has 19 heavy (non-hydrogen) atoms. The molecule has 0 aromatic heterocycles. The third-order valence-electron chi connectivity index (χ3n) is 4.12.